The van der Waals surface area contributed by atoms with Gasteiger partial charge in [0.15, 0.2) is 5.13 Å². The lowest BCUT2D eigenvalue weighted by atomic mass is 10.0. The van der Waals surface area contributed by atoms with Gasteiger partial charge in [-0.15, -0.1) is 23.1 Å². The van der Waals surface area contributed by atoms with Crippen LogP contribution in [-0.4, -0.2) is 28.0 Å². The molecule has 5 rings (SSSR count). The first-order valence-electron chi connectivity index (χ1n) is 12.8. The molecule has 1 unspecified atom stereocenters. The Morgan fingerprint density at radius 3 is 2.34 bits per heavy atom. The molecule has 9 heteroatoms. The van der Waals surface area contributed by atoms with Crippen molar-refractivity contribution in [3.8, 4) is 0 Å². The van der Waals surface area contributed by atoms with Crippen molar-refractivity contribution >= 4 is 68.5 Å². The smallest absolute Gasteiger partial charge is 0.272 e. The van der Waals surface area contributed by atoms with Gasteiger partial charge in [0, 0.05) is 27.7 Å². The minimum Gasteiger partial charge on any atom is -0.321 e. The monoisotopic (exact) mass is 578 g/mol. The normalized spacial score (nSPS) is 12.0. The minimum absolute atomic E-state index is 0.112. The highest BCUT2D eigenvalue weighted by Gasteiger charge is 2.17. The van der Waals surface area contributed by atoms with Gasteiger partial charge in [0.1, 0.15) is 5.70 Å². The SMILES string of the molecule is CC(Sc1ccc(NC(=O)/C(=C/c2cccc3ccccc23)NC(=O)c2ccccc2)cc1)C(=O)Nc1nccs1. The van der Waals surface area contributed by atoms with Gasteiger partial charge in [-0.25, -0.2) is 4.98 Å². The maximum atomic E-state index is 13.5. The lowest BCUT2D eigenvalue weighted by Gasteiger charge is -2.13. The predicted octanol–water partition coefficient (Wildman–Crippen LogP) is 6.83. The van der Waals surface area contributed by atoms with Crippen LogP contribution in [0.3, 0.4) is 0 Å². The molecule has 4 aromatic carbocycles. The van der Waals surface area contributed by atoms with Crippen LogP contribution in [0.4, 0.5) is 10.8 Å². The quantitative estimate of drug-likeness (QED) is 0.132. The molecule has 204 valence electrons. The number of carbonyl (C=O) groups excluding carboxylic acids is 3. The maximum absolute atomic E-state index is 13.5. The predicted molar refractivity (Wildman–Crippen MR) is 167 cm³/mol. The van der Waals surface area contributed by atoms with Gasteiger partial charge in [-0.3, -0.25) is 14.4 Å². The van der Waals surface area contributed by atoms with E-state index >= 15 is 0 Å². The zero-order valence-corrected chi connectivity index (χ0v) is 23.7. The fraction of sp³-hybridized carbons (Fsp3) is 0.0625. The fourth-order valence-electron chi connectivity index (χ4n) is 4.04. The first-order chi connectivity index (χ1) is 20.0. The number of anilines is 2. The molecule has 0 spiro atoms. The maximum Gasteiger partial charge on any atom is 0.272 e. The molecule has 7 nitrogen and oxygen atoms in total. The van der Waals surface area contributed by atoms with Crippen LogP contribution in [0.2, 0.25) is 0 Å². The van der Waals surface area contributed by atoms with Gasteiger partial charge in [-0.1, -0.05) is 60.7 Å². The van der Waals surface area contributed by atoms with Crippen molar-refractivity contribution in [2.75, 3.05) is 10.6 Å². The third-order valence-corrected chi connectivity index (χ3v) is 7.91. The number of nitrogens with zero attached hydrogens (tertiary/aromatic N) is 1. The summed E-state index contributed by atoms with van der Waals surface area (Å²) in [5.74, 6) is -0.984. The van der Waals surface area contributed by atoms with Gasteiger partial charge in [0.25, 0.3) is 11.8 Å². The Bertz CT molecular complexity index is 1700. The van der Waals surface area contributed by atoms with Crippen molar-refractivity contribution in [1.82, 2.24) is 10.3 Å². The standard InChI is InChI=1S/C32H26N4O3S2/c1-21(29(37)36-32-33-18-19-40-32)41-26-16-14-25(15-17-26)34-31(39)28(35-30(38)23-9-3-2-4-10-23)20-24-12-7-11-22-8-5-6-13-27(22)24/h2-21H,1H3,(H,34,39)(H,35,38)(H,33,36,37)/b28-20-. The van der Waals surface area contributed by atoms with Crippen molar-refractivity contribution in [3.63, 3.8) is 0 Å². The van der Waals surface area contributed by atoms with Crippen LogP contribution >= 0.6 is 23.1 Å². The molecule has 41 heavy (non-hydrogen) atoms. The molecule has 1 atom stereocenters. The molecule has 0 aliphatic rings. The molecule has 0 aliphatic heterocycles. The third-order valence-electron chi connectivity index (χ3n) is 6.11. The van der Waals surface area contributed by atoms with E-state index in [2.05, 4.69) is 20.9 Å². The van der Waals surface area contributed by atoms with Crippen LogP contribution in [0.15, 0.2) is 119 Å². The van der Waals surface area contributed by atoms with E-state index in [-0.39, 0.29) is 22.8 Å². The molecule has 3 N–H and O–H groups in total. The number of benzene rings is 4. The molecular weight excluding hydrogens is 553 g/mol. The first-order valence-corrected chi connectivity index (χ1v) is 14.6. The Morgan fingerprint density at radius 2 is 1.59 bits per heavy atom. The largest absolute Gasteiger partial charge is 0.321 e. The van der Waals surface area contributed by atoms with Gasteiger partial charge in [0.2, 0.25) is 5.91 Å². The number of amides is 3. The van der Waals surface area contributed by atoms with Gasteiger partial charge >= 0.3 is 0 Å². The number of carbonyl (C=O) groups is 3. The Hall–Kier alpha value is -4.73. The lowest BCUT2D eigenvalue weighted by Crippen LogP contribution is -2.30. The molecular formula is C32H26N4O3S2. The van der Waals surface area contributed by atoms with Crippen molar-refractivity contribution in [2.45, 2.75) is 17.1 Å². The molecule has 0 aliphatic carbocycles. The van der Waals surface area contributed by atoms with E-state index in [9.17, 15) is 14.4 Å². The van der Waals surface area contributed by atoms with E-state index in [4.69, 9.17) is 0 Å². The summed E-state index contributed by atoms with van der Waals surface area (Å²) in [4.78, 5) is 43.9. The summed E-state index contributed by atoms with van der Waals surface area (Å²) in [7, 11) is 0. The number of fused-ring (bicyclic) bond motifs is 1. The molecule has 1 aromatic heterocycles. The van der Waals surface area contributed by atoms with E-state index in [1.807, 2.05) is 67.6 Å². The Morgan fingerprint density at radius 1 is 0.854 bits per heavy atom. The van der Waals surface area contributed by atoms with E-state index in [0.29, 0.717) is 16.4 Å². The highest BCUT2D eigenvalue weighted by Crippen LogP contribution is 2.26. The molecule has 5 aromatic rings. The third kappa shape index (κ3) is 7.27. The summed E-state index contributed by atoms with van der Waals surface area (Å²) in [6.45, 7) is 1.82. The van der Waals surface area contributed by atoms with Crippen LogP contribution < -0.4 is 16.0 Å². The number of thiazole rings is 1. The van der Waals surface area contributed by atoms with Crippen LogP contribution in [0.5, 0.6) is 0 Å². The van der Waals surface area contributed by atoms with Gasteiger partial charge in [-0.2, -0.15) is 0 Å². The summed E-state index contributed by atoms with van der Waals surface area (Å²) in [5.41, 5.74) is 1.91. The van der Waals surface area contributed by atoms with Gasteiger partial charge in [-0.05, 0) is 65.7 Å². The summed E-state index contributed by atoms with van der Waals surface area (Å²) < 4.78 is 0. The van der Waals surface area contributed by atoms with Crippen LogP contribution in [0, 0.1) is 0 Å². The topological polar surface area (TPSA) is 100 Å². The van der Waals surface area contributed by atoms with E-state index in [0.717, 1.165) is 21.2 Å². The van der Waals surface area contributed by atoms with E-state index in [1.165, 1.54) is 23.1 Å². The summed E-state index contributed by atoms with van der Waals surface area (Å²) in [5, 5.41) is 12.5. The molecule has 1 heterocycles. The number of nitrogens with one attached hydrogen (secondary N) is 3. The van der Waals surface area contributed by atoms with Crippen molar-refractivity contribution in [2.24, 2.45) is 0 Å². The average molecular weight is 579 g/mol. The second-order valence-electron chi connectivity index (χ2n) is 9.01. The number of aromatic nitrogens is 1. The number of rotatable bonds is 9. The first kappa shape index (κ1) is 27.8. The van der Waals surface area contributed by atoms with Crippen molar-refractivity contribution in [1.29, 1.82) is 0 Å². The molecule has 0 radical (unpaired) electrons. The Balaban J connectivity index is 1.33. The van der Waals surface area contributed by atoms with Crippen LogP contribution in [0.1, 0.15) is 22.8 Å². The lowest BCUT2D eigenvalue weighted by molar-refractivity contribution is -0.115. The molecule has 0 saturated carbocycles. The minimum atomic E-state index is -0.459. The molecule has 0 bridgehead atoms. The summed E-state index contributed by atoms with van der Waals surface area (Å²) in [6, 6.07) is 29.6. The average Bonchev–Trinajstić information content (AvgIpc) is 3.51. The van der Waals surface area contributed by atoms with E-state index in [1.54, 1.807) is 54.1 Å². The Labute approximate surface area is 245 Å². The molecule has 3 amide bonds. The zero-order chi connectivity index (χ0) is 28.6. The zero-order valence-electron chi connectivity index (χ0n) is 22.0. The van der Waals surface area contributed by atoms with Crippen LogP contribution in [-0.2, 0) is 9.59 Å². The Kier molecular flexibility index (Phi) is 8.88. The number of thioether (sulfide) groups is 1. The van der Waals surface area contributed by atoms with Crippen molar-refractivity contribution in [3.05, 3.63) is 125 Å². The summed E-state index contributed by atoms with van der Waals surface area (Å²) >= 11 is 2.76. The van der Waals surface area contributed by atoms with Gasteiger partial charge in [0.05, 0.1) is 5.25 Å². The number of hydrogen-bond acceptors (Lipinski definition) is 6. The highest BCUT2D eigenvalue weighted by atomic mass is 32.2. The molecule has 0 saturated heterocycles. The molecule has 0 fully saturated rings. The summed E-state index contributed by atoms with van der Waals surface area (Å²) in [6.07, 6.45) is 3.33. The second kappa shape index (κ2) is 13.1. The van der Waals surface area contributed by atoms with Gasteiger partial charge < -0.3 is 16.0 Å². The van der Waals surface area contributed by atoms with Crippen LogP contribution in [0.25, 0.3) is 16.8 Å². The second-order valence-corrected chi connectivity index (χ2v) is 11.3. The number of hydrogen-bond donors (Lipinski definition) is 3. The van der Waals surface area contributed by atoms with E-state index < -0.39 is 5.91 Å². The van der Waals surface area contributed by atoms with Crippen molar-refractivity contribution < 1.29 is 14.4 Å². The highest BCUT2D eigenvalue weighted by molar-refractivity contribution is 8.00. The fourth-order valence-corrected chi connectivity index (χ4v) is 5.44.